The molecular formula is C26H30FN3O5. The number of piperidine rings is 1. The van der Waals surface area contributed by atoms with Gasteiger partial charge < -0.3 is 19.7 Å². The van der Waals surface area contributed by atoms with Gasteiger partial charge in [0.25, 0.3) is 11.8 Å². The summed E-state index contributed by atoms with van der Waals surface area (Å²) in [4.78, 5) is 42.8. The summed E-state index contributed by atoms with van der Waals surface area (Å²) < 4.78 is 24.6. The highest BCUT2D eigenvalue weighted by molar-refractivity contribution is 5.98. The van der Waals surface area contributed by atoms with Crippen LogP contribution in [0, 0.1) is 12.7 Å². The van der Waals surface area contributed by atoms with Gasteiger partial charge in [0, 0.05) is 50.7 Å². The Balaban J connectivity index is 1.55. The lowest BCUT2D eigenvalue weighted by Gasteiger charge is -2.44. The SMILES string of the molecule is COCCNC(=O)[C@H]1COC2(CCN(C(=O)c3cccc(C)c3)CC2)N1C(=O)c1ccc(F)cc1. The first kappa shape index (κ1) is 24.8. The van der Waals surface area contributed by atoms with Crippen molar-refractivity contribution in [3.05, 3.63) is 71.0 Å². The van der Waals surface area contributed by atoms with Crippen molar-refractivity contribution in [3.63, 3.8) is 0 Å². The number of methoxy groups -OCH3 is 1. The predicted octanol–water partition coefficient (Wildman–Crippen LogP) is 2.37. The Morgan fingerprint density at radius 2 is 1.80 bits per heavy atom. The van der Waals surface area contributed by atoms with Crippen LogP contribution in [-0.4, -0.2) is 79.2 Å². The van der Waals surface area contributed by atoms with Gasteiger partial charge in [-0.25, -0.2) is 4.39 Å². The summed E-state index contributed by atoms with van der Waals surface area (Å²) in [6.07, 6.45) is 0.721. The van der Waals surface area contributed by atoms with Crippen molar-refractivity contribution in [2.45, 2.75) is 31.5 Å². The lowest BCUT2D eigenvalue weighted by molar-refractivity contribution is -0.128. The molecule has 2 aliphatic rings. The van der Waals surface area contributed by atoms with Gasteiger partial charge in [-0.1, -0.05) is 17.7 Å². The minimum Gasteiger partial charge on any atom is -0.383 e. The number of benzene rings is 2. The second-order valence-corrected chi connectivity index (χ2v) is 8.90. The van der Waals surface area contributed by atoms with Gasteiger partial charge in [0.05, 0.1) is 13.2 Å². The number of amides is 3. The van der Waals surface area contributed by atoms with Crippen molar-refractivity contribution < 1.29 is 28.2 Å². The zero-order valence-electron chi connectivity index (χ0n) is 20.0. The highest BCUT2D eigenvalue weighted by Gasteiger charge is 2.54. The van der Waals surface area contributed by atoms with Crippen LogP contribution < -0.4 is 5.32 Å². The van der Waals surface area contributed by atoms with E-state index in [-0.39, 0.29) is 24.0 Å². The number of halogens is 1. The summed E-state index contributed by atoms with van der Waals surface area (Å²) in [5.41, 5.74) is 0.854. The molecule has 0 saturated carbocycles. The van der Waals surface area contributed by atoms with E-state index >= 15 is 0 Å². The lowest BCUT2D eigenvalue weighted by atomic mass is 9.96. The third-order valence-electron chi connectivity index (χ3n) is 6.58. The monoisotopic (exact) mass is 483 g/mol. The lowest BCUT2D eigenvalue weighted by Crippen LogP contribution is -2.60. The smallest absolute Gasteiger partial charge is 0.256 e. The Kier molecular flexibility index (Phi) is 7.47. The average molecular weight is 484 g/mol. The number of nitrogens with one attached hydrogen (secondary N) is 1. The van der Waals surface area contributed by atoms with Crippen LogP contribution >= 0.6 is 0 Å². The van der Waals surface area contributed by atoms with E-state index in [4.69, 9.17) is 9.47 Å². The molecule has 4 rings (SSSR count). The summed E-state index contributed by atoms with van der Waals surface area (Å²) >= 11 is 0. The molecule has 2 fully saturated rings. The molecule has 35 heavy (non-hydrogen) atoms. The average Bonchev–Trinajstić information content (AvgIpc) is 3.22. The minimum atomic E-state index is -1.03. The molecule has 1 spiro atoms. The molecule has 2 aliphatic heterocycles. The van der Waals surface area contributed by atoms with Crippen LogP contribution in [0.25, 0.3) is 0 Å². The molecule has 0 aromatic heterocycles. The van der Waals surface area contributed by atoms with Gasteiger partial charge in [0.2, 0.25) is 5.91 Å². The number of rotatable bonds is 6. The van der Waals surface area contributed by atoms with Crippen LogP contribution in [0.15, 0.2) is 48.5 Å². The van der Waals surface area contributed by atoms with Crippen molar-refractivity contribution in [1.82, 2.24) is 15.1 Å². The number of ether oxygens (including phenoxy) is 2. The topological polar surface area (TPSA) is 88.2 Å². The standard InChI is InChI=1S/C26H30FN3O5/c1-18-4-3-5-20(16-18)24(32)29-13-10-26(11-14-29)30(25(33)19-6-8-21(27)9-7-19)22(17-35-26)23(31)28-12-15-34-2/h3-9,16,22H,10-15,17H2,1-2H3,(H,28,31)/t22-/m1/s1. The number of carbonyl (C=O) groups is 3. The van der Waals surface area contributed by atoms with Crippen LogP contribution in [0.3, 0.4) is 0 Å². The first-order valence-corrected chi connectivity index (χ1v) is 11.7. The maximum absolute atomic E-state index is 13.6. The highest BCUT2D eigenvalue weighted by atomic mass is 19.1. The van der Waals surface area contributed by atoms with E-state index in [1.807, 2.05) is 25.1 Å². The fraction of sp³-hybridized carbons (Fsp3) is 0.423. The first-order valence-electron chi connectivity index (χ1n) is 11.7. The minimum absolute atomic E-state index is 0.0393. The van der Waals surface area contributed by atoms with Crippen molar-refractivity contribution in [3.8, 4) is 0 Å². The summed E-state index contributed by atoms with van der Waals surface area (Å²) in [6, 6.07) is 11.8. The molecule has 186 valence electrons. The summed E-state index contributed by atoms with van der Waals surface area (Å²) in [5.74, 6) is -1.28. The maximum atomic E-state index is 13.6. The van der Waals surface area contributed by atoms with Crippen LogP contribution in [0.5, 0.6) is 0 Å². The molecule has 0 radical (unpaired) electrons. The Labute approximate surface area is 204 Å². The highest BCUT2D eigenvalue weighted by Crippen LogP contribution is 2.38. The molecule has 1 atom stereocenters. The Morgan fingerprint density at radius 3 is 2.46 bits per heavy atom. The van der Waals surface area contributed by atoms with Gasteiger partial charge in [-0.2, -0.15) is 0 Å². The van der Waals surface area contributed by atoms with Gasteiger partial charge in [-0.3, -0.25) is 19.3 Å². The number of likely N-dealkylation sites (tertiary alicyclic amines) is 1. The third kappa shape index (κ3) is 5.21. The summed E-state index contributed by atoms with van der Waals surface area (Å²) in [6.45, 7) is 3.36. The molecule has 8 nitrogen and oxygen atoms in total. The molecule has 2 aromatic carbocycles. The zero-order valence-corrected chi connectivity index (χ0v) is 20.0. The van der Waals surface area contributed by atoms with Crippen LogP contribution in [0.2, 0.25) is 0 Å². The molecule has 2 saturated heterocycles. The van der Waals surface area contributed by atoms with Crippen LogP contribution in [-0.2, 0) is 14.3 Å². The second-order valence-electron chi connectivity index (χ2n) is 8.90. The van der Waals surface area contributed by atoms with Gasteiger partial charge in [-0.05, 0) is 43.3 Å². The predicted molar refractivity (Wildman–Crippen MR) is 126 cm³/mol. The van der Waals surface area contributed by atoms with Crippen molar-refractivity contribution in [2.75, 3.05) is 40.0 Å². The van der Waals surface area contributed by atoms with Crippen LogP contribution in [0.4, 0.5) is 4.39 Å². The van der Waals surface area contributed by atoms with Crippen molar-refractivity contribution in [1.29, 1.82) is 0 Å². The van der Waals surface area contributed by atoms with Crippen LogP contribution in [0.1, 0.15) is 39.1 Å². The van der Waals surface area contributed by atoms with Gasteiger partial charge in [0.15, 0.2) is 0 Å². The normalized spacial score (nSPS) is 19.1. The largest absolute Gasteiger partial charge is 0.383 e. The quantitative estimate of drug-likeness (QED) is 0.638. The van der Waals surface area contributed by atoms with E-state index in [1.54, 1.807) is 11.0 Å². The van der Waals surface area contributed by atoms with E-state index in [1.165, 1.54) is 36.3 Å². The number of hydrogen-bond donors (Lipinski definition) is 1. The van der Waals surface area contributed by atoms with E-state index in [9.17, 15) is 18.8 Å². The summed E-state index contributed by atoms with van der Waals surface area (Å²) in [5, 5.41) is 2.78. The zero-order chi connectivity index (χ0) is 25.0. The Bertz CT molecular complexity index is 1080. The molecule has 0 aliphatic carbocycles. The molecule has 0 unspecified atom stereocenters. The number of hydrogen-bond acceptors (Lipinski definition) is 5. The molecule has 1 N–H and O–H groups in total. The molecule has 0 bridgehead atoms. The van der Waals surface area contributed by atoms with E-state index < -0.39 is 23.5 Å². The first-order chi connectivity index (χ1) is 16.8. The molecule has 2 aromatic rings. The molecule has 2 heterocycles. The number of carbonyl (C=O) groups excluding carboxylic acids is 3. The number of nitrogens with zero attached hydrogens (tertiary/aromatic N) is 2. The van der Waals surface area contributed by atoms with Crippen molar-refractivity contribution in [2.24, 2.45) is 0 Å². The fourth-order valence-electron chi connectivity index (χ4n) is 4.71. The molecule has 9 heteroatoms. The Morgan fingerprint density at radius 1 is 1.09 bits per heavy atom. The van der Waals surface area contributed by atoms with Gasteiger partial charge >= 0.3 is 0 Å². The van der Waals surface area contributed by atoms with E-state index in [2.05, 4.69) is 5.32 Å². The summed E-state index contributed by atoms with van der Waals surface area (Å²) in [7, 11) is 1.54. The number of aryl methyl sites for hydroxylation is 1. The fourth-order valence-corrected chi connectivity index (χ4v) is 4.71. The van der Waals surface area contributed by atoms with E-state index in [0.717, 1.165) is 5.56 Å². The van der Waals surface area contributed by atoms with Crippen molar-refractivity contribution >= 4 is 17.7 Å². The Hall–Kier alpha value is -3.30. The van der Waals surface area contributed by atoms with Gasteiger partial charge in [-0.15, -0.1) is 0 Å². The third-order valence-corrected chi connectivity index (χ3v) is 6.58. The molecular weight excluding hydrogens is 453 g/mol. The van der Waals surface area contributed by atoms with E-state index in [0.29, 0.717) is 44.6 Å². The van der Waals surface area contributed by atoms with Gasteiger partial charge in [0.1, 0.15) is 17.6 Å². The molecule has 3 amide bonds. The maximum Gasteiger partial charge on any atom is 0.256 e. The second kappa shape index (κ2) is 10.5.